The van der Waals surface area contributed by atoms with E-state index in [1.54, 1.807) is 7.11 Å². The van der Waals surface area contributed by atoms with Crippen LogP contribution < -0.4 is 15.8 Å². The first-order valence-electron chi connectivity index (χ1n) is 6.24. The second-order valence-corrected chi connectivity index (χ2v) is 4.45. The van der Waals surface area contributed by atoms with Gasteiger partial charge in [-0.2, -0.15) is 0 Å². The number of carbonyl (C=O) groups is 1. The molecule has 0 unspecified atom stereocenters. The Morgan fingerprint density at radius 3 is 2.95 bits per heavy atom. The summed E-state index contributed by atoms with van der Waals surface area (Å²) in [7, 11) is 3.67. The summed E-state index contributed by atoms with van der Waals surface area (Å²) >= 11 is 0. The van der Waals surface area contributed by atoms with Gasteiger partial charge in [0.25, 0.3) is 0 Å². The highest BCUT2D eigenvalue weighted by atomic mass is 16.5. The number of benzene rings is 1. The molecule has 2 rings (SSSR count). The van der Waals surface area contributed by atoms with Crippen molar-refractivity contribution in [2.45, 2.75) is 6.42 Å². The molecule has 0 saturated carbocycles. The van der Waals surface area contributed by atoms with Crippen molar-refractivity contribution in [1.29, 1.82) is 0 Å². The van der Waals surface area contributed by atoms with Crippen LogP contribution in [0.5, 0.6) is 5.75 Å². The van der Waals surface area contributed by atoms with E-state index in [9.17, 15) is 4.79 Å². The number of fused-ring (bicyclic) bond motifs is 1. The maximum Gasteiger partial charge on any atom is 0.233 e. The summed E-state index contributed by atoms with van der Waals surface area (Å²) < 4.78 is 7.33. The predicted molar refractivity (Wildman–Crippen MR) is 75.2 cm³/mol. The van der Waals surface area contributed by atoms with E-state index in [0.717, 1.165) is 23.1 Å². The highest BCUT2D eigenvalue weighted by Crippen LogP contribution is 2.25. The fourth-order valence-corrected chi connectivity index (χ4v) is 2.19. The van der Waals surface area contributed by atoms with Crippen LogP contribution in [0, 0.1) is 0 Å². The molecular weight excluding hydrogens is 242 g/mol. The molecule has 0 aliphatic rings. The summed E-state index contributed by atoms with van der Waals surface area (Å²) in [6.45, 7) is 0.621. The van der Waals surface area contributed by atoms with Crippen LogP contribution in [0.3, 0.4) is 0 Å². The molecule has 0 bridgehead atoms. The number of aromatic nitrogens is 1. The SMILES string of the molecule is COc1ccc2c(c1)c(CCNC(=O)CN)cn2C. The van der Waals surface area contributed by atoms with Crippen LogP contribution in [-0.2, 0) is 18.3 Å². The van der Waals surface area contributed by atoms with Gasteiger partial charge in [0.05, 0.1) is 13.7 Å². The molecule has 1 aromatic heterocycles. The molecule has 0 spiro atoms. The lowest BCUT2D eigenvalue weighted by molar-refractivity contribution is -0.119. The van der Waals surface area contributed by atoms with E-state index in [0.29, 0.717) is 6.54 Å². The third kappa shape index (κ3) is 2.88. The van der Waals surface area contributed by atoms with E-state index in [1.807, 2.05) is 25.2 Å². The molecule has 102 valence electrons. The van der Waals surface area contributed by atoms with Crippen molar-refractivity contribution in [3.63, 3.8) is 0 Å². The van der Waals surface area contributed by atoms with Crippen LogP contribution in [0.4, 0.5) is 0 Å². The molecule has 0 saturated heterocycles. The third-order valence-corrected chi connectivity index (χ3v) is 3.18. The zero-order chi connectivity index (χ0) is 13.8. The van der Waals surface area contributed by atoms with Crippen LogP contribution in [0.25, 0.3) is 10.9 Å². The Balaban J connectivity index is 2.20. The van der Waals surface area contributed by atoms with Gasteiger partial charge >= 0.3 is 0 Å². The van der Waals surface area contributed by atoms with Crippen LogP contribution in [0.1, 0.15) is 5.56 Å². The summed E-state index contributed by atoms with van der Waals surface area (Å²) in [5, 5.41) is 3.94. The first kappa shape index (κ1) is 13.4. The topological polar surface area (TPSA) is 69.3 Å². The van der Waals surface area contributed by atoms with Crippen molar-refractivity contribution in [1.82, 2.24) is 9.88 Å². The van der Waals surface area contributed by atoms with Crippen molar-refractivity contribution >= 4 is 16.8 Å². The Morgan fingerprint density at radius 2 is 2.26 bits per heavy atom. The number of ether oxygens (including phenoxy) is 1. The lowest BCUT2D eigenvalue weighted by Crippen LogP contribution is -2.31. The predicted octanol–water partition coefficient (Wildman–Crippen LogP) is 0.804. The van der Waals surface area contributed by atoms with Gasteiger partial charge in [-0.05, 0) is 30.2 Å². The number of nitrogens with two attached hydrogens (primary N) is 1. The van der Waals surface area contributed by atoms with Crippen LogP contribution in [-0.4, -0.2) is 30.7 Å². The molecule has 3 N–H and O–H groups in total. The third-order valence-electron chi connectivity index (χ3n) is 3.18. The van der Waals surface area contributed by atoms with E-state index < -0.39 is 0 Å². The molecule has 0 aliphatic carbocycles. The zero-order valence-electron chi connectivity index (χ0n) is 11.3. The highest BCUT2D eigenvalue weighted by Gasteiger charge is 2.08. The van der Waals surface area contributed by atoms with Gasteiger partial charge < -0.3 is 20.4 Å². The molecule has 0 atom stereocenters. The fraction of sp³-hybridized carbons (Fsp3) is 0.357. The minimum absolute atomic E-state index is 0.0311. The zero-order valence-corrected chi connectivity index (χ0v) is 11.3. The normalized spacial score (nSPS) is 10.7. The van der Waals surface area contributed by atoms with Gasteiger partial charge in [0.15, 0.2) is 0 Å². The fourth-order valence-electron chi connectivity index (χ4n) is 2.19. The number of amides is 1. The van der Waals surface area contributed by atoms with Crippen molar-refractivity contribution in [2.75, 3.05) is 20.2 Å². The summed E-state index contributed by atoms with van der Waals surface area (Å²) in [6.07, 6.45) is 2.86. The summed E-state index contributed by atoms with van der Waals surface area (Å²) in [4.78, 5) is 11.1. The van der Waals surface area contributed by atoms with E-state index in [4.69, 9.17) is 10.5 Å². The second-order valence-electron chi connectivity index (χ2n) is 4.45. The number of carbonyl (C=O) groups excluding carboxylic acids is 1. The highest BCUT2D eigenvalue weighted by molar-refractivity contribution is 5.85. The van der Waals surface area contributed by atoms with Crippen molar-refractivity contribution < 1.29 is 9.53 Å². The summed E-state index contributed by atoms with van der Waals surface area (Å²) in [5.41, 5.74) is 7.59. The summed E-state index contributed by atoms with van der Waals surface area (Å²) in [5.74, 6) is 0.712. The molecule has 0 fully saturated rings. The molecular formula is C14H19N3O2. The largest absolute Gasteiger partial charge is 0.497 e. The quantitative estimate of drug-likeness (QED) is 0.836. The Morgan fingerprint density at radius 1 is 1.47 bits per heavy atom. The molecule has 1 heterocycles. The maximum atomic E-state index is 11.1. The molecule has 5 nitrogen and oxygen atoms in total. The molecule has 19 heavy (non-hydrogen) atoms. The average Bonchev–Trinajstić information content (AvgIpc) is 2.74. The monoisotopic (exact) mass is 261 g/mol. The van der Waals surface area contributed by atoms with E-state index in [-0.39, 0.29) is 12.5 Å². The minimum atomic E-state index is -0.127. The second kappa shape index (κ2) is 5.75. The van der Waals surface area contributed by atoms with Crippen LogP contribution in [0.2, 0.25) is 0 Å². The van der Waals surface area contributed by atoms with Gasteiger partial charge in [-0.3, -0.25) is 4.79 Å². The van der Waals surface area contributed by atoms with Gasteiger partial charge in [-0.1, -0.05) is 0 Å². The maximum absolute atomic E-state index is 11.1. The Kier molecular flexibility index (Phi) is 4.06. The molecule has 1 amide bonds. The first-order chi connectivity index (χ1) is 9.15. The molecule has 5 heteroatoms. The van der Waals surface area contributed by atoms with Gasteiger partial charge in [-0.25, -0.2) is 0 Å². The molecule has 1 aromatic carbocycles. The number of rotatable bonds is 5. The number of aryl methyl sites for hydroxylation is 1. The van der Waals surface area contributed by atoms with E-state index >= 15 is 0 Å². The van der Waals surface area contributed by atoms with Crippen LogP contribution in [0.15, 0.2) is 24.4 Å². The van der Waals surface area contributed by atoms with Crippen molar-refractivity contribution in [2.24, 2.45) is 12.8 Å². The summed E-state index contributed by atoms with van der Waals surface area (Å²) in [6, 6.07) is 6.01. The molecule has 0 aliphatic heterocycles. The van der Waals surface area contributed by atoms with Gasteiger partial charge in [-0.15, -0.1) is 0 Å². The van der Waals surface area contributed by atoms with E-state index in [2.05, 4.69) is 16.1 Å². The average molecular weight is 261 g/mol. The lowest BCUT2D eigenvalue weighted by atomic mass is 10.1. The van der Waals surface area contributed by atoms with Crippen LogP contribution >= 0.6 is 0 Å². The van der Waals surface area contributed by atoms with E-state index in [1.165, 1.54) is 5.56 Å². The smallest absolute Gasteiger partial charge is 0.233 e. The number of hydrogen-bond donors (Lipinski definition) is 2. The van der Waals surface area contributed by atoms with Gasteiger partial charge in [0, 0.05) is 30.7 Å². The Labute approximate surface area is 112 Å². The lowest BCUT2D eigenvalue weighted by Gasteiger charge is -2.04. The molecule has 2 aromatic rings. The number of nitrogens with one attached hydrogen (secondary N) is 1. The number of hydrogen-bond acceptors (Lipinski definition) is 3. The standard InChI is InChI=1S/C14H19N3O2/c1-17-9-10(5-6-16-14(18)8-15)12-7-11(19-2)3-4-13(12)17/h3-4,7,9H,5-6,8,15H2,1-2H3,(H,16,18). The first-order valence-corrected chi connectivity index (χ1v) is 6.24. The van der Waals surface area contributed by atoms with Gasteiger partial charge in [0.2, 0.25) is 5.91 Å². The van der Waals surface area contributed by atoms with Crippen molar-refractivity contribution in [3.8, 4) is 5.75 Å². The number of nitrogens with zero attached hydrogens (tertiary/aromatic N) is 1. The van der Waals surface area contributed by atoms with Gasteiger partial charge in [0.1, 0.15) is 5.75 Å². The number of methoxy groups -OCH3 is 1. The van der Waals surface area contributed by atoms with Crippen molar-refractivity contribution in [3.05, 3.63) is 30.0 Å². The Hall–Kier alpha value is -2.01. The Bertz CT molecular complexity index is 590. The minimum Gasteiger partial charge on any atom is -0.497 e. The molecule has 0 radical (unpaired) electrons.